The number of aromatic nitrogens is 2. The Labute approximate surface area is 400 Å². The number of amides is 1. The summed E-state index contributed by atoms with van der Waals surface area (Å²) in [6, 6.07) is -0.355. The summed E-state index contributed by atoms with van der Waals surface area (Å²) >= 11 is 0. The quantitative estimate of drug-likeness (QED) is 0.0915. The van der Waals surface area contributed by atoms with Crippen LogP contribution in [0.3, 0.4) is 0 Å². The zero-order chi connectivity index (χ0) is 48.6. The van der Waals surface area contributed by atoms with E-state index >= 15 is 4.79 Å². The van der Waals surface area contributed by atoms with E-state index in [1.165, 1.54) is 0 Å². The number of hydrogen-bond acceptors (Lipinski definition) is 12. The van der Waals surface area contributed by atoms with E-state index in [0.29, 0.717) is 64.3 Å². The van der Waals surface area contributed by atoms with Gasteiger partial charge in [-0.2, -0.15) is 0 Å². The average Bonchev–Trinajstić information content (AvgIpc) is 4.07. The molecule has 3 heterocycles. The summed E-state index contributed by atoms with van der Waals surface area (Å²) in [6.45, 7) is 10.9. The molecule has 0 bridgehead atoms. The molecular formula is C53H78N4O11. The molecule has 5 saturated carbocycles. The van der Waals surface area contributed by atoms with Gasteiger partial charge in [-0.3, -0.25) is 9.59 Å². The third-order valence-corrected chi connectivity index (χ3v) is 22.0. The Balaban J connectivity index is 1.20. The standard InChI is InChI=1S/C53H78N4O11/c1-47(25-58)15-17-52(46(65)66)18-16-49(3)31(34(52)22-47)20-28-10-11-29-8-6-13-53(29)32(38(57-45(53)64)30(9-7-19-54)35-23-55-27-56-35)21-33-39(61)43(68-44-41(63)40(62)36(60)24-67-44)48(2,26-59)37-12-14-50(49,4)42(28)51(33,37)5/h20,23,27-30,32-34,36-44,58-63H,6-9,12-19,21-22,24-26,54H2,1-5H3,(H,55,56)(H,57,64)(H,65,66)/t28-,29+,30+,32+,33-,34-,36+,37+,38+,39+,40-,41+,42-,43+,44-,47-,48-,49+,50+,51-,52-,53-/m0/s1. The number of carboxylic acid groups (broad SMARTS) is 1. The largest absolute Gasteiger partial charge is 0.481 e. The zero-order valence-electron chi connectivity index (χ0n) is 40.7. The van der Waals surface area contributed by atoms with Crippen LogP contribution in [0.25, 0.3) is 0 Å². The summed E-state index contributed by atoms with van der Waals surface area (Å²) in [5.74, 6) is 4.47. The minimum absolute atomic E-state index is 0.0292. The molecule has 0 aromatic carbocycles. The Morgan fingerprint density at radius 2 is 1.74 bits per heavy atom. The van der Waals surface area contributed by atoms with Gasteiger partial charge in [0, 0.05) is 47.7 Å². The first-order chi connectivity index (χ1) is 32.2. The summed E-state index contributed by atoms with van der Waals surface area (Å²) in [5.41, 5.74) is 3.08. The Hall–Kier alpha value is -2.91. The van der Waals surface area contributed by atoms with E-state index in [2.05, 4.69) is 60.9 Å². The van der Waals surface area contributed by atoms with E-state index in [4.69, 9.17) is 15.2 Å². The Bertz CT molecular complexity index is 2220. The molecule has 68 heavy (non-hydrogen) atoms. The van der Waals surface area contributed by atoms with Crippen molar-refractivity contribution < 1.29 is 54.8 Å². The number of carboxylic acids is 1. The molecule has 22 atom stereocenters. The SMILES string of the molecule is C[C@]1(CO)CC[C@]2(C(=O)O)CC[C@]3(C)C(=C[C@@H]4C#C[C@H]5CCC[C@]56C(=O)N[C@H]([C@H](CCCN)c5cnc[nH]5)[C@H]6C[C@H]5[C@@H](O)[C@@H](O[C@@H]6OC[C@@H](O)[C@H](O)[C@H]6O)[C@@](C)(CO)[C@H]6CC[C@]3(C)[C@H]4[C@]65C)[C@@H]2C1. The molecule has 1 amide bonds. The van der Waals surface area contributed by atoms with Gasteiger partial charge in [-0.15, -0.1) is 0 Å². The van der Waals surface area contributed by atoms with E-state index in [-0.39, 0.29) is 67.3 Å². The molecule has 15 nitrogen and oxygen atoms in total. The lowest BCUT2D eigenvalue weighted by Crippen LogP contribution is -2.73. The number of fused-ring (bicyclic) bond motifs is 4. The Kier molecular flexibility index (Phi) is 12.1. The fourth-order valence-electron chi connectivity index (χ4n) is 18.2. The number of carbonyl (C=O) groups is 2. The van der Waals surface area contributed by atoms with Crippen LogP contribution in [0.4, 0.5) is 0 Å². The highest BCUT2D eigenvalue weighted by molar-refractivity contribution is 5.87. The maximum absolute atomic E-state index is 15.2. The zero-order valence-corrected chi connectivity index (χ0v) is 40.7. The molecular weight excluding hydrogens is 869 g/mol. The van der Waals surface area contributed by atoms with Crippen LogP contribution in [0.5, 0.6) is 0 Å². The lowest BCUT2D eigenvalue weighted by atomic mass is 9.30. The summed E-state index contributed by atoms with van der Waals surface area (Å²) in [7, 11) is 0. The third kappa shape index (κ3) is 6.52. The number of nitrogens with zero attached hydrogens (tertiary/aromatic N) is 1. The third-order valence-electron chi connectivity index (χ3n) is 22.0. The fourth-order valence-corrected chi connectivity index (χ4v) is 18.2. The van der Waals surface area contributed by atoms with Crippen molar-refractivity contribution in [2.45, 2.75) is 167 Å². The van der Waals surface area contributed by atoms with Gasteiger partial charge in [0.25, 0.3) is 0 Å². The molecule has 7 fully saturated rings. The van der Waals surface area contributed by atoms with Crippen molar-refractivity contribution in [3.63, 3.8) is 0 Å². The monoisotopic (exact) mass is 947 g/mol. The van der Waals surface area contributed by atoms with Gasteiger partial charge in [0.1, 0.15) is 18.3 Å². The first-order valence-corrected chi connectivity index (χ1v) is 25.9. The second-order valence-corrected chi connectivity index (χ2v) is 24.7. The molecule has 7 aliphatic carbocycles. The van der Waals surface area contributed by atoms with Gasteiger partial charge in [0.2, 0.25) is 5.91 Å². The van der Waals surface area contributed by atoms with Gasteiger partial charge in [0.15, 0.2) is 6.29 Å². The number of aromatic amines is 1. The van der Waals surface area contributed by atoms with Crippen LogP contribution in [0.15, 0.2) is 24.2 Å². The lowest BCUT2D eigenvalue weighted by molar-refractivity contribution is -0.342. The maximum Gasteiger partial charge on any atom is 0.310 e. The van der Waals surface area contributed by atoms with Crippen LogP contribution >= 0.6 is 0 Å². The summed E-state index contributed by atoms with van der Waals surface area (Å²) in [6.07, 6.45) is 5.77. The van der Waals surface area contributed by atoms with Crippen molar-refractivity contribution in [3.05, 3.63) is 29.9 Å². The Morgan fingerprint density at radius 3 is 2.43 bits per heavy atom. The number of carbonyl (C=O) groups excluding carboxylic acids is 1. The van der Waals surface area contributed by atoms with E-state index in [1.54, 1.807) is 6.33 Å². The summed E-state index contributed by atoms with van der Waals surface area (Å²) < 4.78 is 12.6. The molecule has 376 valence electrons. The molecule has 0 unspecified atom stereocenters. The predicted molar refractivity (Wildman–Crippen MR) is 248 cm³/mol. The molecule has 2 saturated heterocycles. The van der Waals surface area contributed by atoms with Crippen molar-refractivity contribution in [2.24, 2.45) is 85.1 Å². The number of imidazole rings is 1. The molecule has 1 spiro atoms. The van der Waals surface area contributed by atoms with Crippen LogP contribution in [0, 0.1) is 91.2 Å². The first kappa shape index (κ1) is 48.7. The van der Waals surface area contributed by atoms with E-state index in [9.17, 15) is 40.5 Å². The van der Waals surface area contributed by atoms with Gasteiger partial charge >= 0.3 is 5.97 Å². The van der Waals surface area contributed by atoms with Gasteiger partial charge in [0.05, 0.1) is 42.6 Å². The molecule has 11 N–H and O–H groups in total. The number of hydrogen-bond donors (Lipinski definition) is 10. The van der Waals surface area contributed by atoms with Crippen molar-refractivity contribution in [3.8, 4) is 11.8 Å². The Morgan fingerprint density at radius 1 is 0.971 bits per heavy atom. The van der Waals surface area contributed by atoms with Crippen molar-refractivity contribution in [1.82, 2.24) is 15.3 Å². The number of rotatable bonds is 10. The van der Waals surface area contributed by atoms with E-state index in [0.717, 1.165) is 37.0 Å². The second-order valence-electron chi connectivity index (χ2n) is 24.7. The molecule has 9 aliphatic rings. The van der Waals surface area contributed by atoms with Gasteiger partial charge in [-0.25, -0.2) is 4.98 Å². The van der Waals surface area contributed by atoms with Crippen LogP contribution in [-0.4, -0.2) is 127 Å². The number of nitrogens with one attached hydrogen (secondary N) is 2. The first-order valence-electron chi connectivity index (χ1n) is 25.9. The smallest absolute Gasteiger partial charge is 0.310 e. The fraction of sp³-hybridized carbons (Fsp3) is 0.830. The lowest BCUT2D eigenvalue weighted by Gasteiger charge is -2.74. The minimum atomic E-state index is -1.62. The average molecular weight is 947 g/mol. The highest BCUT2D eigenvalue weighted by atomic mass is 16.7. The van der Waals surface area contributed by atoms with Gasteiger partial charge < -0.3 is 61.3 Å². The predicted octanol–water partition coefficient (Wildman–Crippen LogP) is 3.62. The highest BCUT2D eigenvalue weighted by Gasteiger charge is 2.76. The van der Waals surface area contributed by atoms with Crippen LogP contribution < -0.4 is 11.1 Å². The molecule has 0 radical (unpaired) electrons. The number of H-pyrrole nitrogens is 1. The van der Waals surface area contributed by atoms with Crippen LogP contribution in [0.1, 0.15) is 130 Å². The number of aliphatic hydroxyl groups excluding tert-OH is 6. The highest BCUT2D eigenvalue weighted by Crippen LogP contribution is 2.78. The minimum Gasteiger partial charge on any atom is -0.481 e. The molecule has 2 aliphatic heterocycles. The molecule has 1 aromatic rings. The van der Waals surface area contributed by atoms with Crippen molar-refractivity contribution in [2.75, 3.05) is 26.4 Å². The summed E-state index contributed by atoms with van der Waals surface area (Å²) in [5, 5.41) is 83.7. The molecule has 1 aromatic heterocycles. The number of allylic oxidation sites excluding steroid dienone is 2. The van der Waals surface area contributed by atoms with Crippen LogP contribution in [0.2, 0.25) is 0 Å². The second kappa shape index (κ2) is 16.8. The van der Waals surface area contributed by atoms with Crippen LogP contribution in [-0.2, 0) is 19.1 Å². The number of nitrogens with two attached hydrogens (primary N) is 1. The number of aliphatic carboxylic acids is 1. The summed E-state index contributed by atoms with van der Waals surface area (Å²) in [4.78, 5) is 36.7. The van der Waals surface area contributed by atoms with Crippen molar-refractivity contribution >= 4 is 11.9 Å². The maximum atomic E-state index is 15.2. The molecule has 10 rings (SSSR count). The molecule has 15 heteroatoms. The normalized spacial score (nSPS) is 51.8. The van der Waals surface area contributed by atoms with E-state index < -0.39 is 92.5 Å². The van der Waals surface area contributed by atoms with Gasteiger partial charge in [-0.1, -0.05) is 64.5 Å². The van der Waals surface area contributed by atoms with Crippen molar-refractivity contribution in [1.29, 1.82) is 0 Å². The number of aliphatic hydroxyl groups is 6. The topological polar surface area (TPSA) is 261 Å². The van der Waals surface area contributed by atoms with E-state index in [1.807, 2.05) is 13.1 Å². The van der Waals surface area contributed by atoms with Gasteiger partial charge in [-0.05, 0) is 135 Å². The number of ether oxygens (including phenoxy) is 2.